The first kappa shape index (κ1) is 10.7. The average molecular weight is 245 g/mol. The van der Waals surface area contributed by atoms with Gasteiger partial charge in [0.1, 0.15) is 0 Å². The largest absolute Gasteiger partial charge is 0.392 e. The number of hydrogen-bond acceptors (Lipinski definition) is 2. The van der Waals surface area contributed by atoms with Crippen LogP contribution in [0.15, 0.2) is 22.7 Å². The predicted molar refractivity (Wildman–Crippen MR) is 55.3 cm³/mol. The van der Waals surface area contributed by atoms with Gasteiger partial charge in [0.05, 0.1) is 12.2 Å². The third-order valence-electron chi connectivity index (χ3n) is 1.90. The van der Waals surface area contributed by atoms with Crippen LogP contribution in [0.1, 0.15) is 25.0 Å². The molecule has 2 N–H and O–H groups in total. The van der Waals surface area contributed by atoms with E-state index in [9.17, 15) is 5.11 Å². The van der Waals surface area contributed by atoms with E-state index in [4.69, 9.17) is 5.11 Å². The molecule has 72 valence electrons. The Balaban J connectivity index is 3.24. The number of rotatable bonds is 2. The molecule has 0 spiro atoms. The highest BCUT2D eigenvalue weighted by Gasteiger charge is 2.19. The molecule has 0 saturated heterocycles. The molecule has 0 amide bonds. The highest BCUT2D eigenvalue weighted by atomic mass is 79.9. The minimum atomic E-state index is -0.915. The third-order valence-corrected chi connectivity index (χ3v) is 2.39. The van der Waals surface area contributed by atoms with E-state index in [1.807, 2.05) is 12.1 Å². The summed E-state index contributed by atoms with van der Waals surface area (Å²) in [5.74, 6) is 0. The second-order valence-corrected chi connectivity index (χ2v) is 4.43. The second kappa shape index (κ2) is 3.78. The zero-order chi connectivity index (χ0) is 10.1. The Morgan fingerprint density at radius 1 is 1.38 bits per heavy atom. The zero-order valence-electron chi connectivity index (χ0n) is 7.71. The summed E-state index contributed by atoms with van der Waals surface area (Å²) in [6, 6.07) is 5.48. The summed E-state index contributed by atoms with van der Waals surface area (Å²) in [6.07, 6.45) is 0. The van der Waals surface area contributed by atoms with Crippen LogP contribution in [-0.4, -0.2) is 10.2 Å². The van der Waals surface area contributed by atoms with Crippen LogP contribution in [0.4, 0.5) is 0 Å². The van der Waals surface area contributed by atoms with Crippen molar-refractivity contribution in [1.82, 2.24) is 0 Å². The lowest BCUT2D eigenvalue weighted by atomic mass is 9.94. The van der Waals surface area contributed by atoms with Crippen LogP contribution in [0.3, 0.4) is 0 Å². The van der Waals surface area contributed by atoms with Crippen molar-refractivity contribution in [3.8, 4) is 0 Å². The van der Waals surface area contributed by atoms with Gasteiger partial charge in [-0.05, 0) is 37.1 Å². The van der Waals surface area contributed by atoms with Gasteiger partial charge in [0.25, 0.3) is 0 Å². The minimum Gasteiger partial charge on any atom is -0.392 e. The Kier molecular flexibility index (Phi) is 3.11. The van der Waals surface area contributed by atoms with Crippen LogP contribution < -0.4 is 0 Å². The first-order valence-electron chi connectivity index (χ1n) is 4.07. The summed E-state index contributed by atoms with van der Waals surface area (Å²) < 4.78 is 0.904. The average Bonchev–Trinajstić information content (AvgIpc) is 2.03. The summed E-state index contributed by atoms with van der Waals surface area (Å²) in [6.45, 7) is 3.36. The Morgan fingerprint density at radius 2 is 2.00 bits per heavy atom. The van der Waals surface area contributed by atoms with E-state index in [1.54, 1.807) is 19.9 Å². The van der Waals surface area contributed by atoms with Crippen molar-refractivity contribution in [2.24, 2.45) is 0 Å². The third kappa shape index (κ3) is 2.53. The van der Waals surface area contributed by atoms with Crippen molar-refractivity contribution in [2.75, 3.05) is 0 Å². The Bertz CT molecular complexity index is 302. The fraction of sp³-hybridized carbons (Fsp3) is 0.400. The molecule has 0 saturated carbocycles. The molecule has 0 aliphatic heterocycles. The van der Waals surface area contributed by atoms with E-state index in [1.165, 1.54) is 0 Å². The fourth-order valence-corrected chi connectivity index (χ4v) is 1.62. The van der Waals surface area contributed by atoms with Gasteiger partial charge in [-0.2, -0.15) is 0 Å². The number of hydrogen-bond donors (Lipinski definition) is 2. The maximum atomic E-state index is 9.79. The van der Waals surface area contributed by atoms with Gasteiger partial charge in [-0.3, -0.25) is 0 Å². The molecule has 0 bridgehead atoms. The molecule has 0 aliphatic rings. The lowest BCUT2D eigenvalue weighted by Crippen LogP contribution is -2.18. The van der Waals surface area contributed by atoms with E-state index >= 15 is 0 Å². The van der Waals surface area contributed by atoms with Gasteiger partial charge in [-0.1, -0.05) is 22.0 Å². The highest BCUT2D eigenvalue weighted by molar-refractivity contribution is 9.10. The molecule has 1 aromatic rings. The van der Waals surface area contributed by atoms with Gasteiger partial charge in [0, 0.05) is 4.47 Å². The van der Waals surface area contributed by atoms with Crippen molar-refractivity contribution in [3.63, 3.8) is 0 Å². The van der Waals surface area contributed by atoms with Crippen LogP contribution in [-0.2, 0) is 12.2 Å². The number of benzene rings is 1. The molecule has 0 fully saturated rings. The van der Waals surface area contributed by atoms with Gasteiger partial charge >= 0.3 is 0 Å². The Hall–Kier alpha value is -0.380. The summed E-state index contributed by atoms with van der Waals surface area (Å²) in [5, 5.41) is 18.8. The smallest absolute Gasteiger partial charge is 0.0844 e. The van der Waals surface area contributed by atoms with Crippen LogP contribution in [0, 0.1) is 0 Å². The minimum absolute atomic E-state index is 0.0490. The normalized spacial score (nSPS) is 11.8. The summed E-state index contributed by atoms with van der Waals surface area (Å²) in [7, 11) is 0. The molecule has 1 rings (SSSR count). The maximum absolute atomic E-state index is 9.79. The quantitative estimate of drug-likeness (QED) is 0.838. The molecule has 0 atom stereocenters. The molecule has 13 heavy (non-hydrogen) atoms. The molecule has 0 heterocycles. The van der Waals surface area contributed by atoms with Gasteiger partial charge < -0.3 is 10.2 Å². The number of aliphatic hydroxyl groups excluding tert-OH is 1. The molecule has 0 unspecified atom stereocenters. The number of aliphatic hydroxyl groups is 2. The lowest BCUT2D eigenvalue weighted by Gasteiger charge is -2.21. The van der Waals surface area contributed by atoms with Crippen LogP contribution in [0.5, 0.6) is 0 Å². The van der Waals surface area contributed by atoms with Gasteiger partial charge in [-0.25, -0.2) is 0 Å². The summed E-state index contributed by atoms with van der Waals surface area (Å²) in [4.78, 5) is 0. The molecule has 0 aromatic heterocycles. The standard InChI is InChI=1S/C10H13BrO2/c1-10(2,13)9-5-8(11)4-3-7(9)6-12/h3-5,12-13H,6H2,1-2H3. The molecule has 2 nitrogen and oxygen atoms in total. The maximum Gasteiger partial charge on any atom is 0.0844 e. The van der Waals surface area contributed by atoms with E-state index < -0.39 is 5.60 Å². The lowest BCUT2D eigenvalue weighted by molar-refractivity contribution is 0.0759. The van der Waals surface area contributed by atoms with E-state index in [0.29, 0.717) is 0 Å². The van der Waals surface area contributed by atoms with Crippen molar-refractivity contribution in [1.29, 1.82) is 0 Å². The van der Waals surface area contributed by atoms with Crippen LogP contribution in [0.25, 0.3) is 0 Å². The Labute approximate surface area is 86.3 Å². The van der Waals surface area contributed by atoms with Crippen molar-refractivity contribution >= 4 is 15.9 Å². The predicted octanol–water partition coefficient (Wildman–Crippen LogP) is 2.17. The van der Waals surface area contributed by atoms with Gasteiger partial charge in [0.15, 0.2) is 0 Å². The van der Waals surface area contributed by atoms with Crippen LogP contribution >= 0.6 is 15.9 Å². The topological polar surface area (TPSA) is 40.5 Å². The highest BCUT2D eigenvalue weighted by Crippen LogP contribution is 2.26. The molecule has 0 radical (unpaired) electrons. The zero-order valence-corrected chi connectivity index (χ0v) is 9.30. The molecule has 1 aromatic carbocycles. The molecular weight excluding hydrogens is 232 g/mol. The van der Waals surface area contributed by atoms with E-state index in [0.717, 1.165) is 15.6 Å². The monoisotopic (exact) mass is 244 g/mol. The molecule has 0 aliphatic carbocycles. The van der Waals surface area contributed by atoms with E-state index in [2.05, 4.69) is 15.9 Å². The van der Waals surface area contributed by atoms with Gasteiger partial charge in [-0.15, -0.1) is 0 Å². The molecule has 3 heteroatoms. The van der Waals surface area contributed by atoms with Crippen molar-refractivity contribution in [2.45, 2.75) is 26.1 Å². The summed E-state index contributed by atoms with van der Waals surface area (Å²) >= 11 is 3.33. The second-order valence-electron chi connectivity index (χ2n) is 3.52. The van der Waals surface area contributed by atoms with Crippen molar-refractivity contribution in [3.05, 3.63) is 33.8 Å². The van der Waals surface area contributed by atoms with E-state index in [-0.39, 0.29) is 6.61 Å². The van der Waals surface area contributed by atoms with Crippen LogP contribution in [0.2, 0.25) is 0 Å². The van der Waals surface area contributed by atoms with Crippen molar-refractivity contribution < 1.29 is 10.2 Å². The SMILES string of the molecule is CC(C)(O)c1cc(Br)ccc1CO. The first-order valence-corrected chi connectivity index (χ1v) is 4.86. The fourth-order valence-electron chi connectivity index (χ4n) is 1.26. The van der Waals surface area contributed by atoms with Gasteiger partial charge in [0.2, 0.25) is 0 Å². The molecular formula is C10H13BrO2. The number of halogens is 1. The Morgan fingerprint density at radius 3 is 2.46 bits per heavy atom. The first-order chi connectivity index (χ1) is 5.95. The summed E-state index contributed by atoms with van der Waals surface area (Å²) in [5.41, 5.74) is 0.599.